The van der Waals surface area contributed by atoms with Crippen LogP contribution in [0.15, 0.2) is 24.3 Å². The van der Waals surface area contributed by atoms with Crippen molar-refractivity contribution in [1.29, 1.82) is 0 Å². The van der Waals surface area contributed by atoms with Gasteiger partial charge in [0, 0.05) is 25.7 Å². The molecule has 0 radical (unpaired) electrons. The summed E-state index contributed by atoms with van der Waals surface area (Å²) >= 11 is 0. The van der Waals surface area contributed by atoms with Crippen LogP contribution < -0.4 is 15.5 Å². The third kappa shape index (κ3) is 4.26. The predicted molar refractivity (Wildman–Crippen MR) is 101 cm³/mol. The smallest absolute Gasteiger partial charge is 0.232 e. The molecule has 0 saturated heterocycles. The molecule has 0 spiro atoms. The van der Waals surface area contributed by atoms with Gasteiger partial charge in [-0.3, -0.25) is 0 Å². The second-order valence-electron chi connectivity index (χ2n) is 6.05. The molecule has 0 saturated carbocycles. The normalized spacial score (nSPS) is 13.2. The number of halogens is 1. The number of anilines is 3. The summed E-state index contributed by atoms with van der Waals surface area (Å²) in [5.74, 6) is 1.98. The van der Waals surface area contributed by atoms with Crippen LogP contribution in [-0.2, 0) is 13.0 Å². The summed E-state index contributed by atoms with van der Waals surface area (Å²) < 4.78 is 0. The Labute approximate surface area is 149 Å². The third-order valence-electron chi connectivity index (χ3n) is 3.79. The van der Waals surface area contributed by atoms with E-state index in [1.165, 1.54) is 11.1 Å². The van der Waals surface area contributed by atoms with Gasteiger partial charge in [-0.15, -0.1) is 12.4 Å². The minimum atomic E-state index is 0. The van der Waals surface area contributed by atoms with Crippen molar-refractivity contribution in [3.05, 3.63) is 35.4 Å². The first-order valence-electron chi connectivity index (χ1n) is 8.24. The maximum atomic E-state index is 4.60. The van der Waals surface area contributed by atoms with Crippen LogP contribution in [0.25, 0.3) is 0 Å². The van der Waals surface area contributed by atoms with E-state index >= 15 is 0 Å². The van der Waals surface area contributed by atoms with E-state index in [1.807, 2.05) is 6.92 Å². The lowest BCUT2D eigenvalue weighted by Crippen LogP contribution is -2.32. The maximum absolute atomic E-state index is 4.60. The standard InChI is InChI=1S/C17H24N6.ClH/c1-4-18-15-20-16(19-12(2)3)22-17(21-15)23-10-9-13-7-5-6-8-14(13)11-23;/h5-8,12H,4,9-11H2,1-3H3,(H2,18,19,20,21,22);1H. The Morgan fingerprint density at radius 2 is 1.79 bits per heavy atom. The molecule has 7 heteroatoms. The van der Waals surface area contributed by atoms with Gasteiger partial charge in [0.05, 0.1) is 0 Å². The topological polar surface area (TPSA) is 66.0 Å². The molecule has 24 heavy (non-hydrogen) atoms. The number of nitrogens with one attached hydrogen (secondary N) is 2. The quantitative estimate of drug-likeness (QED) is 0.865. The molecule has 2 aromatic rings. The first-order chi connectivity index (χ1) is 11.2. The Hall–Kier alpha value is -2.08. The van der Waals surface area contributed by atoms with Gasteiger partial charge >= 0.3 is 0 Å². The van der Waals surface area contributed by atoms with Crippen molar-refractivity contribution in [2.75, 3.05) is 28.6 Å². The Bertz CT molecular complexity index is 676. The molecule has 3 rings (SSSR count). The van der Waals surface area contributed by atoms with Crippen molar-refractivity contribution < 1.29 is 0 Å². The van der Waals surface area contributed by atoms with E-state index in [9.17, 15) is 0 Å². The van der Waals surface area contributed by atoms with Gasteiger partial charge in [-0.25, -0.2) is 0 Å². The average molecular weight is 349 g/mol. The molecular formula is C17H25ClN6. The zero-order valence-corrected chi connectivity index (χ0v) is 15.2. The van der Waals surface area contributed by atoms with Crippen LogP contribution in [0.5, 0.6) is 0 Å². The molecule has 6 nitrogen and oxygen atoms in total. The highest BCUT2D eigenvalue weighted by Gasteiger charge is 2.19. The molecule has 1 aromatic carbocycles. The predicted octanol–water partition coefficient (Wildman–Crippen LogP) is 3.11. The van der Waals surface area contributed by atoms with Gasteiger partial charge in [0.15, 0.2) is 0 Å². The monoisotopic (exact) mass is 348 g/mol. The Morgan fingerprint density at radius 3 is 2.50 bits per heavy atom. The van der Waals surface area contributed by atoms with Gasteiger partial charge in [0.2, 0.25) is 17.8 Å². The summed E-state index contributed by atoms with van der Waals surface area (Å²) in [5.41, 5.74) is 2.77. The summed E-state index contributed by atoms with van der Waals surface area (Å²) in [4.78, 5) is 15.8. The fourth-order valence-corrected chi connectivity index (χ4v) is 2.73. The average Bonchev–Trinajstić information content (AvgIpc) is 2.54. The summed E-state index contributed by atoms with van der Waals surface area (Å²) in [7, 11) is 0. The summed E-state index contributed by atoms with van der Waals surface area (Å²) in [6.07, 6.45) is 1.02. The van der Waals surface area contributed by atoms with Crippen molar-refractivity contribution in [2.45, 2.75) is 39.8 Å². The number of benzene rings is 1. The minimum absolute atomic E-state index is 0. The summed E-state index contributed by atoms with van der Waals surface area (Å²) in [6.45, 7) is 8.74. The van der Waals surface area contributed by atoms with Crippen LogP contribution in [0.1, 0.15) is 31.9 Å². The molecule has 0 fully saturated rings. The van der Waals surface area contributed by atoms with Crippen molar-refractivity contribution in [3.8, 4) is 0 Å². The Morgan fingerprint density at radius 1 is 1.08 bits per heavy atom. The van der Waals surface area contributed by atoms with E-state index in [4.69, 9.17) is 0 Å². The Kier molecular flexibility index (Phi) is 6.20. The van der Waals surface area contributed by atoms with Gasteiger partial charge in [0.1, 0.15) is 0 Å². The number of hydrogen-bond donors (Lipinski definition) is 2. The first-order valence-corrected chi connectivity index (χ1v) is 8.24. The van der Waals surface area contributed by atoms with Gasteiger partial charge in [-0.05, 0) is 38.3 Å². The number of hydrogen-bond acceptors (Lipinski definition) is 6. The third-order valence-corrected chi connectivity index (χ3v) is 3.79. The molecule has 2 N–H and O–H groups in total. The van der Waals surface area contributed by atoms with E-state index < -0.39 is 0 Å². The molecular weight excluding hydrogens is 324 g/mol. The lowest BCUT2D eigenvalue weighted by molar-refractivity contribution is 0.704. The zero-order chi connectivity index (χ0) is 16.2. The molecule has 2 heterocycles. The Balaban J connectivity index is 0.00000208. The fraction of sp³-hybridized carbons (Fsp3) is 0.471. The van der Waals surface area contributed by atoms with Crippen molar-refractivity contribution >= 4 is 30.3 Å². The molecule has 0 bridgehead atoms. The van der Waals surface area contributed by atoms with Crippen LogP contribution in [0.4, 0.5) is 17.8 Å². The second-order valence-corrected chi connectivity index (χ2v) is 6.05. The van der Waals surface area contributed by atoms with Gasteiger partial charge < -0.3 is 15.5 Å². The lowest BCUT2D eigenvalue weighted by atomic mass is 10.0. The van der Waals surface area contributed by atoms with Gasteiger partial charge in [0.25, 0.3) is 0 Å². The highest BCUT2D eigenvalue weighted by molar-refractivity contribution is 5.85. The number of nitrogens with zero attached hydrogens (tertiary/aromatic N) is 4. The highest BCUT2D eigenvalue weighted by Crippen LogP contribution is 2.23. The van der Waals surface area contributed by atoms with Crippen LogP contribution in [0, 0.1) is 0 Å². The van der Waals surface area contributed by atoms with E-state index in [2.05, 4.69) is 68.6 Å². The van der Waals surface area contributed by atoms with Crippen LogP contribution in [0.3, 0.4) is 0 Å². The van der Waals surface area contributed by atoms with E-state index in [0.29, 0.717) is 11.9 Å². The SMILES string of the molecule is CCNc1nc(NC(C)C)nc(N2CCc3ccccc3C2)n1.Cl. The van der Waals surface area contributed by atoms with Crippen LogP contribution >= 0.6 is 12.4 Å². The van der Waals surface area contributed by atoms with E-state index in [1.54, 1.807) is 0 Å². The van der Waals surface area contributed by atoms with Crippen LogP contribution in [-0.4, -0.2) is 34.1 Å². The molecule has 0 amide bonds. The number of aromatic nitrogens is 3. The molecule has 0 aliphatic carbocycles. The van der Waals surface area contributed by atoms with E-state index in [-0.39, 0.29) is 18.4 Å². The fourth-order valence-electron chi connectivity index (χ4n) is 2.73. The highest BCUT2D eigenvalue weighted by atomic mass is 35.5. The summed E-state index contributed by atoms with van der Waals surface area (Å²) in [5, 5.41) is 6.46. The molecule has 0 unspecified atom stereocenters. The molecule has 1 aliphatic rings. The minimum Gasteiger partial charge on any atom is -0.354 e. The molecule has 130 valence electrons. The van der Waals surface area contributed by atoms with E-state index in [0.717, 1.165) is 32.0 Å². The maximum Gasteiger partial charge on any atom is 0.232 e. The number of fused-ring (bicyclic) bond motifs is 1. The lowest BCUT2D eigenvalue weighted by Gasteiger charge is -2.29. The number of rotatable bonds is 5. The van der Waals surface area contributed by atoms with Crippen molar-refractivity contribution in [3.63, 3.8) is 0 Å². The van der Waals surface area contributed by atoms with Crippen LogP contribution in [0.2, 0.25) is 0 Å². The van der Waals surface area contributed by atoms with Gasteiger partial charge in [-0.1, -0.05) is 24.3 Å². The zero-order valence-electron chi connectivity index (χ0n) is 14.4. The summed E-state index contributed by atoms with van der Waals surface area (Å²) in [6, 6.07) is 8.86. The first kappa shape index (κ1) is 18.3. The van der Waals surface area contributed by atoms with Gasteiger partial charge in [-0.2, -0.15) is 15.0 Å². The van der Waals surface area contributed by atoms with Crippen molar-refractivity contribution in [1.82, 2.24) is 15.0 Å². The molecule has 1 aromatic heterocycles. The van der Waals surface area contributed by atoms with Crippen molar-refractivity contribution in [2.24, 2.45) is 0 Å². The molecule has 1 aliphatic heterocycles. The largest absolute Gasteiger partial charge is 0.354 e. The second kappa shape index (κ2) is 8.15. The molecule has 0 atom stereocenters.